The summed E-state index contributed by atoms with van der Waals surface area (Å²) in [5.74, 6) is 0. The Morgan fingerprint density at radius 2 is 1.78 bits per heavy atom. The number of carbonyl (C=O) groups excluding carboxylic acids is 1. The highest BCUT2D eigenvalue weighted by atomic mass is 16.6. The molecule has 1 heterocycles. The van der Waals surface area contributed by atoms with Gasteiger partial charge in [-0.05, 0) is 17.5 Å². The third-order valence-electron chi connectivity index (χ3n) is 3.76. The summed E-state index contributed by atoms with van der Waals surface area (Å²) in [6, 6.07) is 20.2. The minimum atomic E-state index is -0.306. The van der Waals surface area contributed by atoms with Gasteiger partial charge in [0.25, 0.3) is 0 Å². The molecule has 0 aliphatic carbocycles. The fourth-order valence-electron chi connectivity index (χ4n) is 2.60. The summed E-state index contributed by atoms with van der Waals surface area (Å²) in [6.07, 6.45) is 4.50. The molecule has 118 valence electrons. The van der Waals surface area contributed by atoms with Crippen LogP contribution in [0, 0.1) is 0 Å². The summed E-state index contributed by atoms with van der Waals surface area (Å²) in [5.41, 5.74) is 5.48. The molecule has 1 atom stereocenters. The zero-order chi connectivity index (χ0) is 15.9. The fourth-order valence-corrected chi connectivity index (χ4v) is 2.60. The summed E-state index contributed by atoms with van der Waals surface area (Å²) >= 11 is 0. The normalized spacial score (nSPS) is 17.7. The van der Waals surface area contributed by atoms with Crippen molar-refractivity contribution in [3.05, 3.63) is 77.9 Å². The van der Waals surface area contributed by atoms with Crippen LogP contribution in [0.1, 0.15) is 11.1 Å². The largest absolute Gasteiger partial charge is 0.446 e. The van der Waals surface area contributed by atoms with Crippen molar-refractivity contribution in [2.24, 2.45) is 0 Å². The monoisotopic (exact) mass is 308 g/mol. The lowest BCUT2D eigenvalue weighted by Crippen LogP contribution is -2.45. The fraction of sp³-hybridized carbons (Fsp3) is 0.211. The number of carbonyl (C=O) groups is 1. The number of ether oxygens (including phenoxy) is 1. The van der Waals surface area contributed by atoms with Gasteiger partial charge in [-0.15, -0.1) is 0 Å². The maximum atomic E-state index is 11.9. The van der Waals surface area contributed by atoms with Gasteiger partial charge in [-0.2, -0.15) is 0 Å². The van der Waals surface area contributed by atoms with Crippen LogP contribution in [0.5, 0.6) is 0 Å². The molecule has 0 saturated carbocycles. The van der Waals surface area contributed by atoms with Gasteiger partial charge in [0.1, 0.15) is 6.61 Å². The topological polar surface area (TPSA) is 41.6 Å². The van der Waals surface area contributed by atoms with Gasteiger partial charge < -0.3 is 4.74 Å². The zero-order valence-electron chi connectivity index (χ0n) is 12.9. The Bertz CT molecular complexity index is 656. The number of rotatable bonds is 6. The maximum Gasteiger partial charge on any atom is 0.424 e. The minimum absolute atomic E-state index is 0.0232. The Morgan fingerprint density at radius 1 is 1.09 bits per heavy atom. The Morgan fingerprint density at radius 3 is 2.52 bits per heavy atom. The Balaban J connectivity index is 1.54. The van der Waals surface area contributed by atoms with Crippen LogP contribution in [0.25, 0.3) is 6.08 Å². The van der Waals surface area contributed by atoms with E-state index in [1.54, 1.807) is 5.01 Å². The van der Waals surface area contributed by atoms with Crippen molar-refractivity contribution in [3.8, 4) is 0 Å². The molecule has 1 amide bonds. The Labute approximate surface area is 136 Å². The first-order valence-electron chi connectivity index (χ1n) is 7.78. The van der Waals surface area contributed by atoms with E-state index >= 15 is 0 Å². The Hall–Kier alpha value is -2.59. The number of amides is 1. The van der Waals surface area contributed by atoms with E-state index < -0.39 is 0 Å². The zero-order valence-corrected chi connectivity index (χ0v) is 12.9. The van der Waals surface area contributed by atoms with Crippen molar-refractivity contribution in [1.29, 1.82) is 0 Å². The predicted octanol–water partition coefficient (Wildman–Crippen LogP) is 3.27. The van der Waals surface area contributed by atoms with E-state index in [0.717, 1.165) is 12.0 Å². The lowest BCUT2D eigenvalue weighted by atomic mass is 10.1. The van der Waals surface area contributed by atoms with Gasteiger partial charge in [-0.1, -0.05) is 72.8 Å². The van der Waals surface area contributed by atoms with Crippen LogP contribution in [0.2, 0.25) is 0 Å². The van der Waals surface area contributed by atoms with Crippen molar-refractivity contribution in [2.45, 2.75) is 12.5 Å². The lowest BCUT2D eigenvalue weighted by molar-refractivity contribution is 0.143. The third kappa shape index (κ3) is 4.20. The van der Waals surface area contributed by atoms with Gasteiger partial charge in [0.2, 0.25) is 0 Å². The summed E-state index contributed by atoms with van der Waals surface area (Å²) in [5, 5.41) is 1.60. The van der Waals surface area contributed by atoms with E-state index in [0.29, 0.717) is 13.2 Å². The van der Waals surface area contributed by atoms with Gasteiger partial charge in [0, 0.05) is 6.54 Å². The first-order valence-corrected chi connectivity index (χ1v) is 7.78. The number of nitrogens with one attached hydrogen (secondary N) is 1. The number of hydrogen-bond donors (Lipinski definition) is 1. The average Bonchev–Trinajstić information content (AvgIpc) is 2.94. The molecule has 1 aliphatic heterocycles. The molecule has 0 unspecified atom stereocenters. The molecule has 1 N–H and O–H groups in total. The molecule has 0 aromatic heterocycles. The highest BCUT2D eigenvalue weighted by Gasteiger charge is 2.32. The highest BCUT2D eigenvalue weighted by molar-refractivity contribution is 5.69. The van der Waals surface area contributed by atoms with E-state index in [4.69, 9.17) is 4.74 Å². The van der Waals surface area contributed by atoms with E-state index in [1.165, 1.54) is 5.56 Å². The van der Waals surface area contributed by atoms with Crippen molar-refractivity contribution in [1.82, 2.24) is 10.4 Å². The van der Waals surface area contributed by atoms with Crippen LogP contribution in [0.15, 0.2) is 66.7 Å². The summed E-state index contributed by atoms with van der Waals surface area (Å²) < 4.78 is 5.17. The van der Waals surface area contributed by atoms with Crippen LogP contribution < -0.4 is 5.43 Å². The van der Waals surface area contributed by atoms with Gasteiger partial charge in [-0.25, -0.2) is 15.2 Å². The second-order valence-electron chi connectivity index (χ2n) is 5.47. The first-order chi connectivity index (χ1) is 11.3. The molecule has 1 saturated heterocycles. The van der Waals surface area contributed by atoms with Crippen molar-refractivity contribution < 1.29 is 9.53 Å². The van der Waals surface area contributed by atoms with E-state index in [1.807, 2.05) is 60.7 Å². The molecule has 1 aliphatic rings. The predicted molar refractivity (Wildman–Crippen MR) is 90.6 cm³/mol. The minimum Gasteiger partial charge on any atom is -0.446 e. The summed E-state index contributed by atoms with van der Waals surface area (Å²) in [4.78, 5) is 11.9. The van der Waals surface area contributed by atoms with Crippen LogP contribution in [0.4, 0.5) is 4.79 Å². The molecule has 4 nitrogen and oxygen atoms in total. The van der Waals surface area contributed by atoms with Crippen molar-refractivity contribution in [2.75, 3.05) is 13.2 Å². The molecule has 1 fully saturated rings. The molecule has 4 heteroatoms. The molecule has 2 aromatic carbocycles. The van der Waals surface area contributed by atoms with Gasteiger partial charge >= 0.3 is 6.09 Å². The molecule has 23 heavy (non-hydrogen) atoms. The molecule has 0 spiro atoms. The second kappa shape index (κ2) is 7.61. The lowest BCUT2D eigenvalue weighted by Gasteiger charge is -2.21. The molecule has 0 bridgehead atoms. The van der Waals surface area contributed by atoms with Crippen LogP contribution >= 0.6 is 0 Å². The first kappa shape index (κ1) is 15.3. The van der Waals surface area contributed by atoms with E-state index in [2.05, 4.69) is 17.6 Å². The van der Waals surface area contributed by atoms with Crippen molar-refractivity contribution in [3.63, 3.8) is 0 Å². The SMILES string of the molecule is O=C1OC[C@H](Cc2ccccc2)N1NC/C=C/c1ccccc1. The van der Waals surface area contributed by atoms with Gasteiger partial charge in [0.05, 0.1) is 6.04 Å². The molecular formula is C19H20N2O2. The third-order valence-corrected chi connectivity index (χ3v) is 3.76. The molecule has 3 rings (SSSR count). The molecule has 2 aromatic rings. The standard InChI is InChI=1S/C19H20N2O2/c22-19-21(20-13-7-12-16-8-3-1-4-9-16)18(15-23-19)14-17-10-5-2-6-11-17/h1-12,18,20H,13-15H2/b12-7+/t18-/m0/s1. The number of benzene rings is 2. The summed E-state index contributed by atoms with van der Waals surface area (Å²) in [6.45, 7) is 0.998. The quantitative estimate of drug-likeness (QED) is 0.890. The smallest absolute Gasteiger partial charge is 0.424 e. The van der Waals surface area contributed by atoms with E-state index in [9.17, 15) is 4.79 Å². The number of hydrogen-bond acceptors (Lipinski definition) is 3. The van der Waals surface area contributed by atoms with Gasteiger partial charge in [0.15, 0.2) is 0 Å². The molecular weight excluding hydrogens is 288 g/mol. The molecule has 0 radical (unpaired) electrons. The Kier molecular flexibility index (Phi) is 5.06. The van der Waals surface area contributed by atoms with Crippen molar-refractivity contribution >= 4 is 12.2 Å². The van der Waals surface area contributed by atoms with Crippen LogP contribution in [-0.2, 0) is 11.2 Å². The average molecular weight is 308 g/mol. The number of cyclic esters (lactones) is 1. The maximum absolute atomic E-state index is 11.9. The van der Waals surface area contributed by atoms with E-state index in [-0.39, 0.29) is 12.1 Å². The number of nitrogens with zero attached hydrogens (tertiary/aromatic N) is 1. The number of hydrazine groups is 1. The highest BCUT2D eigenvalue weighted by Crippen LogP contribution is 2.15. The second-order valence-corrected chi connectivity index (χ2v) is 5.47. The van der Waals surface area contributed by atoms with Crippen LogP contribution in [0.3, 0.4) is 0 Å². The van der Waals surface area contributed by atoms with Gasteiger partial charge in [-0.3, -0.25) is 0 Å². The summed E-state index contributed by atoms with van der Waals surface area (Å²) in [7, 11) is 0. The van der Waals surface area contributed by atoms with Crippen LogP contribution in [-0.4, -0.2) is 30.3 Å².